The second-order valence-corrected chi connectivity index (χ2v) is 11.4. The minimum atomic E-state index is -3.88. The lowest BCUT2D eigenvalue weighted by Gasteiger charge is -2.21. The second kappa shape index (κ2) is 9.54. The third-order valence-electron chi connectivity index (χ3n) is 6.86. The van der Waals surface area contributed by atoms with Crippen molar-refractivity contribution >= 4 is 21.5 Å². The zero-order chi connectivity index (χ0) is 25.4. The predicted molar refractivity (Wildman–Crippen MR) is 134 cm³/mol. The molecule has 0 bridgehead atoms. The topological polar surface area (TPSA) is 127 Å². The molecule has 1 saturated carbocycles. The maximum atomic E-state index is 13.1. The Morgan fingerprint density at radius 1 is 1.08 bits per heavy atom. The van der Waals surface area contributed by atoms with E-state index in [1.807, 2.05) is 0 Å². The fourth-order valence-electron chi connectivity index (χ4n) is 4.98. The molecule has 0 radical (unpaired) electrons. The third-order valence-corrected chi connectivity index (χ3v) is 8.20. The van der Waals surface area contributed by atoms with E-state index in [-0.39, 0.29) is 39.2 Å². The molecule has 0 aliphatic heterocycles. The van der Waals surface area contributed by atoms with Crippen LogP contribution in [0.15, 0.2) is 56.8 Å². The molecular formula is C27H28N2O6S. The van der Waals surface area contributed by atoms with Gasteiger partial charge in [-0.1, -0.05) is 18.6 Å². The van der Waals surface area contributed by atoms with Crippen LogP contribution in [0.1, 0.15) is 77.3 Å². The lowest BCUT2D eigenvalue weighted by molar-refractivity contribution is 0.0968. The number of nitrogens with one attached hydrogen (secondary N) is 1. The maximum absolute atomic E-state index is 13.1. The molecule has 5 rings (SSSR count). The number of hydrogen-bond acceptors (Lipinski definition) is 7. The van der Waals surface area contributed by atoms with E-state index in [0.717, 1.165) is 37.7 Å². The van der Waals surface area contributed by atoms with Gasteiger partial charge in [0.05, 0.1) is 11.1 Å². The highest BCUT2D eigenvalue weighted by Crippen LogP contribution is 2.49. The summed E-state index contributed by atoms with van der Waals surface area (Å²) in [6.45, 7) is 1.76. The Hall–Kier alpha value is -3.46. The summed E-state index contributed by atoms with van der Waals surface area (Å²) in [7, 11) is -3.88. The van der Waals surface area contributed by atoms with Crippen LogP contribution in [0.2, 0.25) is 0 Å². The number of Topliss-reactive ketones (excluding diaryl/α,β-unsaturated/α-hetero) is 1. The number of anilines is 1. The van der Waals surface area contributed by atoms with Crippen molar-refractivity contribution in [1.82, 2.24) is 4.98 Å². The van der Waals surface area contributed by atoms with Gasteiger partial charge in [0.25, 0.3) is 10.0 Å². The van der Waals surface area contributed by atoms with Gasteiger partial charge < -0.3 is 9.52 Å². The first kappa shape index (κ1) is 24.2. The SMILES string of the molecule is Cc1cncc(S(=O)(=O)Nc2cccc(C(c3c(O)c4c(oc3=O)CCCCCC4=O)C3CC3)c2)c1. The van der Waals surface area contributed by atoms with Crippen molar-refractivity contribution in [3.63, 3.8) is 0 Å². The zero-order valence-corrected chi connectivity index (χ0v) is 20.8. The number of aromatic nitrogens is 1. The van der Waals surface area contributed by atoms with E-state index < -0.39 is 21.6 Å². The van der Waals surface area contributed by atoms with E-state index in [0.29, 0.717) is 24.1 Å². The highest BCUT2D eigenvalue weighted by atomic mass is 32.2. The number of nitrogens with zero attached hydrogens (tertiary/aromatic N) is 1. The molecule has 1 atom stereocenters. The molecule has 2 aromatic heterocycles. The molecule has 2 N–H and O–H groups in total. The molecular weight excluding hydrogens is 480 g/mol. The first-order valence-electron chi connectivity index (χ1n) is 12.2. The van der Waals surface area contributed by atoms with E-state index in [2.05, 4.69) is 9.71 Å². The summed E-state index contributed by atoms with van der Waals surface area (Å²) in [5, 5.41) is 11.2. The van der Waals surface area contributed by atoms with Gasteiger partial charge in [-0.2, -0.15) is 0 Å². The van der Waals surface area contributed by atoms with Crippen LogP contribution in [-0.4, -0.2) is 24.3 Å². The summed E-state index contributed by atoms with van der Waals surface area (Å²) in [6.07, 6.45) is 7.66. The van der Waals surface area contributed by atoms with Gasteiger partial charge in [0, 0.05) is 36.8 Å². The molecule has 1 unspecified atom stereocenters. The predicted octanol–water partition coefficient (Wildman–Crippen LogP) is 4.69. The van der Waals surface area contributed by atoms with Gasteiger partial charge in [-0.25, -0.2) is 13.2 Å². The Balaban J connectivity index is 1.55. The molecule has 3 aromatic rings. The minimum absolute atomic E-state index is 0.0464. The molecule has 2 heterocycles. The molecule has 188 valence electrons. The van der Waals surface area contributed by atoms with Crippen molar-refractivity contribution < 1.29 is 22.7 Å². The minimum Gasteiger partial charge on any atom is -0.506 e. The fraction of sp³-hybridized carbons (Fsp3) is 0.370. The number of carbonyl (C=O) groups is 1. The number of aromatic hydroxyl groups is 1. The number of sulfonamides is 1. The number of hydrogen-bond donors (Lipinski definition) is 2. The molecule has 8 nitrogen and oxygen atoms in total. The summed E-state index contributed by atoms with van der Waals surface area (Å²) in [5.41, 5.74) is 1.27. The largest absolute Gasteiger partial charge is 0.506 e. The fourth-order valence-corrected chi connectivity index (χ4v) is 6.08. The monoisotopic (exact) mass is 508 g/mol. The van der Waals surface area contributed by atoms with E-state index >= 15 is 0 Å². The number of aryl methyl sites for hydroxylation is 2. The van der Waals surface area contributed by atoms with Crippen LogP contribution in [0.25, 0.3) is 0 Å². The van der Waals surface area contributed by atoms with Crippen LogP contribution in [0, 0.1) is 12.8 Å². The first-order chi connectivity index (χ1) is 17.2. The van der Waals surface area contributed by atoms with Crippen LogP contribution in [0.3, 0.4) is 0 Å². The van der Waals surface area contributed by atoms with Crippen LogP contribution in [0.5, 0.6) is 5.75 Å². The van der Waals surface area contributed by atoms with Gasteiger partial charge in [-0.05, 0) is 67.9 Å². The third kappa shape index (κ3) is 4.80. The summed E-state index contributed by atoms with van der Waals surface area (Å²) < 4.78 is 34.1. The number of fused-ring (bicyclic) bond motifs is 1. The van der Waals surface area contributed by atoms with Gasteiger partial charge in [-0.3, -0.25) is 14.5 Å². The van der Waals surface area contributed by atoms with Crippen molar-refractivity contribution in [3.05, 3.63) is 81.2 Å². The van der Waals surface area contributed by atoms with Crippen molar-refractivity contribution in [3.8, 4) is 5.75 Å². The van der Waals surface area contributed by atoms with Crippen LogP contribution < -0.4 is 10.3 Å². The molecule has 2 aliphatic carbocycles. The van der Waals surface area contributed by atoms with Crippen molar-refractivity contribution in [2.45, 2.75) is 62.7 Å². The lowest BCUT2D eigenvalue weighted by Crippen LogP contribution is -2.21. The Bertz CT molecular complexity index is 1490. The molecule has 9 heteroatoms. The number of rotatable bonds is 6. The van der Waals surface area contributed by atoms with Crippen LogP contribution >= 0.6 is 0 Å². The molecule has 1 fully saturated rings. The molecule has 36 heavy (non-hydrogen) atoms. The maximum Gasteiger partial charge on any atom is 0.343 e. The summed E-state index contributed by atoms with van der Waals surface area (Å²) in [6, 6.07) is 8.33. The van der Waals surface area contributed by atoms with Crippen molar-refractivity contribution in [2.75, 3.05) is 4.72 Å². The van der Waals surface area contributed by atoms with E-state index in [1.165, 1.54) is 12.3 Å². The normalized spacial score (nSPS) is 17.1. The lowest BCUT2D eigenvalue weighted by atomic mass is 9.85. The van der Waals surface area contributed by atoms with E-state index in [9.17, 15) is 23.1 Å². The van der Waals surface area contributed by atoms with Crippen molar-refractivity contribution in [2.24, 2.45) is 5.92 Å². The van der Waals surface area contributed by atoms with Gasteiger partial charge >= 0.3 is 5.63 Å². The number of ketones is 1. The van der Waals surface area contributed by atoms with Gasteiger partial charge in [0.2, 0.25) is 0 Å². The Morgan fingerprint density at radius 2 is 1.86 bits per heavy atom. The Kier molecular flexibility index (Phi) is 6.42. The number of carbonyl (C=O) groups excluding carboxylic acids is 1. The van der Waals surface area contributed by atoms with Gasteiger partial charge in [0.1, 0.15) is 16.4 Å². The quantitative estimate of drug-likeness (QED) is 0.494. The van der Waals surface area contributed by atoms with E-state index in [1.54, 1.807) is 37.4 Å². The van der Waals surface area contributed by atoms with E-state index in [4.69, 9.17) is 4.42 Å². The standard InChI is InChI=1S/C27H28N2O6S/c1-16-12-20(15-28-14-16)36(33,34)29-19-7-5-6-18(13-19)23(17-10-11-17)25-26(31)24-21(30)8-3-2-4-9-22(24)35-27(25)32/h5-7,12-15,17,23,29,31H,2-4,8-11H2,1H3. The molecule has 2 aliphatic rings. The van der Waals surface area contributed by atoms with Crippen LogP contribution in [-0.2, 0) is 16.4 Å². The molecule has 0 amide bonds. The second-order valence-electron chi connectivity index (χ2n) is 9.68. The van der Waals surface area contributed by atoms with Crippen molar-refractivity contribution in [1.29, 1.82) is 0 Å². The molecule has 0 spiro atoms. The van der Waals surface area contributed by atoms with Gasteiger partial charge in [0.15, 0.2) is 5.78 Å². The highest BCUT2D eigenvalue weighted by molar-refractivity contribution is 7.92. The smallest absolute Gasteiger partial charge is 0.343 e. The Morgan fingerprint density at radius 3 is 2.61 bits per heavy atom. The first-order valence-corrected chi connectivity index (χ1v) is 13.7. The van der Waals surface area contributed by atoms with Gasteiger partial charge in [-0.15, -0.1) is 0 Å². The zero-order valence-electron chi connectivity index (χ0n) is 20.0. The Labute approximate surface area is 209 Å². The summed E-state index contributed by atoms with van der Waals surface area (Å²) in [5.74, 6) is -0.686. The summed E-state index contributed by atoms with van der Waals surface area (Å²) in [4.78, 5) is 30.0. The highest BCUT2D eigenvalue weighted by Gasteiger charge is 2.39. The molecule has 1 aromatic carbocycles. The molecule has 0 saturated heterocycles. The average molecular weight is 509 g/mol. The average Bonchev–Trinajstić information content (AvgIpc) is 3.65. The number of pyridine rings is 1. The number of benzene rings is 1. The van der Waals surface area contributed by atoms with Crippen LogP contribution in [0.4, 0.5) is 5.69 Å². The summed E-state index contributed by atoms with van der Waals surface area (Å²) >= 11 is 0.